The number of nitrogens with one attached hydrogen (secondary N) is 2. The van der Waals surface area contributed by atoms with E-state index in [1.165, 1.54) is 19.3 Å². The molecule has 0 saturated heterocycles. The van der Waals surface area contributed by atoms with E-state index in [-0.39, 0.29) is 0 Å². The first kappa shape index (κ1) is 21.0. The number of benzene rings is 1. The number of aliphatic imine (C=N–C) groups is 1. The molecule has 0 aliphatic carbocycles. The molecule has 0 atom stereocenters. The van der Waals surface area contributed by atoms with Crippen molar-refractivity contribution in [2.45, 2.75) is 45.6 Å². The second-order valence-electron chi connectivity index (χ2n) is 6.96. The molecule has 8 heteroatoms. The van der Waals surface area contributed by atoms with Gasteiger partial charge in [-0.15, -0.1) is 10.2 Å². The van der Waals surface area contributed by atoms with Gasteiger partial charge in [0, 0.05) is 32.5 Å². The van der Waals surface area contributed by atoms with Crippen LogP contribution in [0.2, 0.25) is 0 Å². The predicted molar refractivity (Wildman–Crippen MR) is 114 cm³/mol. The summed E-state index contributed by atoms with van der Waals surface area (Å²) in [6.45, 7) is 5.79. The van der Waals surface area contributed by atoms with Gasteiger partial charge in [-0.2, -0.15) is 0 Å². The lowest BCUT2D eigenvalue weighted by atomic mass is 10.2. The van der Waals surface area contributed by atoms with Crippen molar-refractivity contribution in [3.8, 4) is 11.5 Å². The standard InChI is InChI=1S/C21H32N6O2/c1-3-22-21(24-14-16-29-18-10-8-17(28-2)9-11-18)23-13-12-20-26-25-19-7-5-4-6-15-27(19)20/h8-11H,3-7,12-16H2,1-2H3,(H2,22,23,24). The number of hydrogen-bond acceptors (Lipinski definition) is 5. The smallest absolute Gasteiger partial charge is 0.191 e. The van der Waals surface area contributed by atoms with Crippen molar-refractivity contribution in [1.29, 1.82) is 0 Å². The Morgan fingerprint density at radius 2 is 1.93 bits per heavy atom. The van der Waals surface area contributed by atoms with Gasteiger partial charge < -0.3 is 24.7 Å². The van der Waals surface area contributed by atoms with Gasteiger partial charge in [-0.3, -0.25) is 4.99 Å². The minimum Gasteiger partial charge on any atom is -0.497 e. The number of aryl methyl sites for hydroxylation is 1. The quantitative estimate of drug-likeness (QED) is 0.381. The Balaban J connectivity index is 1.44. The highest BCUT2D eigenvalue weighted by atomic mass is 16.5. The topological polar surface area (TPSA) is 85.6 Å². The molecule has 1 aromatic carbocycles. The third-order valence-corrected chi connectivity index (χ3v) is 4.86. The van der Waals surface area contributed by atoms with Crippen LogP contribution in [0.15, 0.2) is 29.3 Å². The van der Waals surface area contributed by atoms with Crippen LogP contribution in [0.4, 0.5) is 0 Å². The van der Waals surface area contributed by atoms with Crippen molar-refractivity contribution in [1.82, 2.24) is 25.4 Å². The van der Waals surface area contributed by atoms with Crippen molar-refractivity contribution in [3.05, 3.63) is 35.9 Å². The Hall–Kier alpha value is -2.77. The zero-order valence-electron chi connectivity index (χ0n) is 17.5. The summed E-state index contributed by atoms with van der Waals surface area (Å²) in [5.41, 5.74) is 0. The average Bonchev–Trinajstić information content (AvgIpc) is 2.97. The fourth-order valence-electron chi connectivity index (χ4n) is 3.35. The number of hydrogen-bond donors (Lipinski definition) is 2. The maximum absolute atomic E-state index is 5.75. The fourth-order valence-corrected chi connectivity index (χ4v) is 3.35. The number of fused-ring (bicyclic) bond motifs is 1. The molecule has 0 bridgehead atoms. The maximum Gasteiger partial charge on any atom is 0.191 e. The van der Waals surface area contributed by atoms with Gasteiger partial charge in [0.2, 0.25) is 0 Å². The molecule has 1 aliphatic rings. The Morgan fingerprint density at radius 3 is 2.72 bits per heavy atom. The summed E-state index contributed by atoms with van der Waals surface area (Å²) < 4.78 is 13.2. The number of aromatic nitrogens is 3. The minimum atomic E-state index is 0.550. The SMILES string of the molecule is CCNC(=NCCc1nnc2n1CCCCC2)NCCOc1ccc(OC)cc1. The van der Waals surface area contributed by atoms with Gasteiger partial charge in [-0.1, -0.05) is 6.42 Å². The molecule has 29 heavy (non-hydrogen) atoms. The second-order valence-corrected chi connectivity index (χ2v) is 6.96. The van der Waals surface area contributed by atoms with Crippen LogP contribution in [0, 0.1) is 0 Å². The van der Waals surface area contributed by atoms with E-state index in [1.54, 1.807) is 7.11 Å². The Labute approximate surface area is 172 Å². The molecule has 3 rings (SSSR count). The summed E-state index contributed by atoms with van der Waals surface area (Å²) in [5.74, 6) is 4.61. The monoisotopic (exact) mass is 400 g/mol. The fraction of sp³-hybridized carbons (Fsp3) is 0.571. The van der Waals surface area contributed by atoms with Crippen LogP contribution >= 0.6 is 0 Å². The summed E-state index contributed by atoms with van der Waals surface area (Å²) in [7, 11) is 1.65. The first-order chi connectivity index (χ1) is 14.3. The summed E-state index contributed by atoms with van der Waals surface area (Å²) in [4.78, 5) is 4.67. The molecule has 1 aromatic heterocycles. The molecule has 0 radical (unpaired) electrons. The van der Waals surface area contributed by atoms with Crippen LogP contribution < -0.4 is 20.1 Å². The van der Waals surface area contributed by atoms with Crippen LogP contribution in [0.25, 0.3) is 0 Å². The average molecular weight is 401 g/mol. The minimum absolute atomic E-state index is 0.550. The van der Waals surface area contributed by atoms with Crippen LogP contribution in [0.5, 0.6) is 11.5 Å². The molecule has 2 aromatic rings. The van der Waals surface area contributed by atoms with E-state index < -0.39 is 0 Å². The van der Waals surface area contributed by atoms with Crippen LogP contribution in [-0.2, 0) is 19.4 Å². The molecule has 2 heterocycles. The molecular weight excluding hydrogens is 368 g/mol. The normalized spacial score (nSPS) is 14.1. The van der Waals surface area contributed by atoms with Crippen LogP contribution in [0.1, 0.15) is 37.8 Å². The van der Waals surface area contributed by atoms with E-state index in [0.29, 0.717) is 19.7 Å². The lowest BCUT2D eigenvalue weighted by Gasteiger charge is -2.12. The van der Waals surface area contributed by atoms with Crippen molar-refractivity contribution < 1.29 is 9.47 Å². The van der Waals surface area contributed by atoms with Gasteiger partial charge in [-0.25, -0.2) is 0 Å². The van der Waals surface area contributed by atoms with Crippen molar-refractivity contribution >= 4 is 5.96 Å². The zero-order valence-corrected chi connectivity index (χ0v) is 17.5. The van der Waals surface area contributed by atoms with E-state index in [2.05, 4.69) is 37.3 Å². The van der Waals surface area contributed by atoms with E-state index in [4.69, 9.17) is 9.47 Å². The lowest BCUT2D eigenvalue weighted by molar-refractivity contribution is 0.321. The van der Waals surface area contributed by atoms with Gasteiger partial charge in [-0.05, 0) is 44.0 Å². The molecule has 0 amide bonds. The van der Waals surface area contributed by atoms with E-state index in [9.17, 15) is 0 Å². The first-order valence-electron chi connectivity index (χ1n) is 10.5. The molecular formula is C21H32N6O2. The molecule has 0 unspecified atom stereocenters. The Morgan fingerprint density at radius 1 is 1.10 bits per heavy atom. The molecule has 0 saturated carbocycles. The van der Waals surface area contributed by atoms with Gasteiger partial charge in [0.15, 0.2) is 5.96 Å². The van der Waals surface area contributed by atoms with E-state index in [0.717, 1.165) is 55.0 Å². The van der Waals surface area contributed by atoms with Gasteiger partial charge in [0.1, 0.15) is 29.8 Å². The number of nitrogens with zero attached hydrogens (tertiary/aromatic N) is 4. The molecule has 8 nitrogen and oxygen atoms in total. The van der Waals surface area contributed by atoms with Crippen molar-refractivity contribution in [2.75, 3.05) is 33.4 Å². The third kappa shape index (κ3) is 6.37. The second kappa shape index (κ2) is 11.3. The maximum atomic E-state index is 5.75. The van der Waals surface area contributed by atoms with Crippen molar-refractivity contribution in [3.63, 3.8) is 0 Å². The highest BCUT2D eigenvalue weighted by Crippen LogP contribution is 2.17. The first-order valence-corrected chi connectivity index (χ1v) is 10.5. The molecule has 1 aliphatic heterocycles. The van der Waals surface area contributed by atoms with Crippen LogP contribution in [-0.4, -0.2) is 54.1 Å². The van der Waals surface area contributed by atoms with Gasteiger partial charge >= 0.3 is 0 Å². The molecule has 158 valence electrons. The molecule has 0 spiro atoms. The van der Waals surface area contributed by atoms with Gasteiger partial charge in [0.05, 0.1) is 13.7 Å². The zero-order chi connectivity index (χ0) is 20.3. The number of methoxy groups -OCH3 is 1. The lowest BCUT2D eigenvalue weighted by Crippen LogP contribution is -2.39. The third-order valence-electron chi connectivity index (χ3n) is 4.86. The number of rotatable bonds is 9. The van der Waals surface area contributed by atoms with Gasteiger partial charge in [0.25, 0.3) is 0 Å². The number of ether oxygens (including phenoxy) is 2. The summed E-state index contributed by atoms with van der Waals surface area (Å²) >= 11 is 0. The summed E-state index contributed by atoms with van der Waals surface area (Å²) in [6.07, 6.45) is 5.53. The highest BCUT2D eigenvalue weighted by Gasteiger charge is 2.14. The summed E-state index contributed by atoms with van der Waals surface area (Å²) in [5, 5.41) is 15.3. The summed E-state index contributed by atoms with van der Waals surface area (Å²) in [6, 6.07) is 7.58. The van der Waals surface area contributed by atoms with E-state index >= 15 is 0 Å². The molecule has 0 fully saturated rings. The molecule has 2 N–H and O–H groups in total. The van der Waals surface area contributed by atoms with Crippen LogP contribution in [0.3, 0.4) is 0 Å². The Bertz CT molecular complexity index is 772. The van der Waals surface area contributed by atoms with Crippen molar-refractivity contribution in [2.24, 2.45) is 4.99 Å². The predicted octanol–water partition coefficient (Wildman–Crippen LogP) is 2.19. The highest BCUT2D eigenvalue weighted by molar-refractivity contribution is 5.79. The largest absolute Gasteiger partial charge is 0.497 e. The number of guanidine groups is 1. The Kier molecular flexibility index (Phi) is 8.15. The van der Waals surface area contributed by atoms with E-state index in [1.807, 2.05) is 24.3 Å².